The molecule has 0 heterocycles. The molecule has 0 amide bonds. The first-order valence-corrected chi connectivity index (χ1v) is 4.99. The number of aliphatic hydroxyl groups excluding tert-OH is 1. The summed E-state index contributed by atoms with van der Waals surface area (Å²) >= 11 is 8.92. The Hall–Kier alpha value is -0.120. The van der Waals surface area contributed by atoms with Crippen LogP contribution in [0.15, 0.2) is 16.6 Å². The maximum absolute atomic E-state index is 13.2. The zero-order valence-corrected chi connectivity index (χ0v) is 9.36. The number of benzene rings is 1. The normalized spacial score (nSPS) is 13.0. The van der Waals surface area contributed by atoms with Gasteiger partial charge in [0.1, 0.15) is 5.82 Å². The van der Waals surface area contributed by atoms with Crippen LogP contribution in [0, 0.1) is 5.82 Å². The molecule has 1 N–H and O–H groups in total. The Kier molecular flexibility index (Phi) is 3.71. The standard InChI is InChI=1S/C9H9BrClFO/c1-5(13)2-7-8(11)3-6(10)4-9(7)12/h3-5,13H,2H2,1H3. The Labute approximate surface area is 89.7 Å². The molecule has 0 bridgehead atoms. The largest absolute Gasteiger partial charge is 0.393 e. The third kappa shape index (κ3) is 2.93. The van der Waals surface area contributed by atoms with Gasteiger partial charge >= 0.3 is 0 Å². The lowest BCUT2D eigenvalue weighted by atomic mass is 10.1. The molecule has 0 aliphatic rings. The zero-order valence-electron chi connectivity index (χ0n) is 7.02. The lowest BCUT2D eigenvalue weighted by Crippen LogP contribution is -2.06. The van der Waals surface area contributed by atoms with Crippen LogP contribution in [0.4, 0.5) is 4.39 Å². The molecule has 0 aliphatic heterocycles. The van der Waals surface area contributed by atoms with Crippen molar-refractivity contribution in [1.82, 2.24) is 0 Å². The Morgan fingerprint density at radius 1 is 1.62 bits per heavy atom. The van der Waals surface area contributed by atoms with Crippen LogP contribution in [-0.2, 0) is 6.42 Å². The first kappa shape index (κ1) is 11.0. The molecule has 1 aromatic rings. The lowest BCUT2D eigenvalue weighted by Gasteiger charge is -2.08. The van der Waals surface area contributed by atoms with Crippen molar-refractivity contribution in [2.45, 2.75) is 19.4 Å². The Bertz CT molecular complexity index is 291. The fraction of sp³-hybridized carbons (Fsp3) is 0.333. The van der Waals surface area contributed by atoms with Gasteiger partial charge in [0.25, 0.3) is 0 Å². The van der Waals surface area contributed by atoms with Crippen LogP contribution in [0.25, 0.3) is 0 Å². The van der Waals surface area contributed by atoms with Gasteiger partial charge in [-0.1, -0.05) is 27.5 Å². The minimum atomic E-state index is -0.590. The van der Waals surface area contributed by atoms with Crippen LogP contribution < -0.4 is 0 Å². The van der Waals surface area contributed by atoms with Crippen molar-refractivity contribution in [3.63, 3.8) is 0 Å². The molecule has 1 rings (SSSR count). The van der Waals surface area contributed by atoms with E-state index in [-0.39, 0.29) is 12.2 Å². The van der Waals surface area contributed by atoms with Crippen LogP contribution >= 0.6 is 27.5 Å². The maximum Gasteiger partial charge on any atom is 0.129 e. The van der Waals surface area contributed by atoms with Crippen LogP contribution in [0.5, 0.6) is 0 Å². The average molecular weight is 268 g/mol. The molecule has 1 aromatic carbocycles. The van der Waals surface area contributed by atoms with Crippen LogP contribution in [0.3, 0.4) is 0 Å². The van der Waals surface area contributed by atoms with Crippen molar-refractivity contribution in [2.75, 3.05) is 0 Å². The number of hydrogen-bond acceptors (Lipinski definition) is 1. The van der Waals surface area contributed by atoms with Gasteiger partial charge in [-0.05, 0) is 19.1 Å². The molecule has 1 nitrogen and oxygen atoms in total. The number of halogens is 3. The lowest BCUT2D eigenvalue weighted by molar-refractivity contribution is 0.194. The fourth-order valence-corrected chi connectivity index (χ4v) is 1.91. The van der Waals surface area contributed by atoms with Crippen molar-refractivity contribution >= 4 is 27.5 Å². The summed E-state index contributed by atoms with van der Waals surface area (Å²) in [6.45, 7) is 1.60. The van der Waals surface area contributed by atoms with E-state index < -0.39 is 6.10 Å². The number of rotatable bonds is 2. The zero-order chi connectivity index (χ0) is 10.0. The molecular weight excluding hydrogens is 258 g/mol. The minimum absolute atomic E-state index is 0.234. The van der Waals surface area contributed by atoms with Crippen molar-refractivity contribution in [3.8, 4) is 0 Å². The van der Waals surface area contributed by atoms with Gasteiger partial charge in [0.2, 0.25) is 0 Å². The highest BCUT2D eigenvalue weighted by Gasteiger charge is 2.10. The molecule has 0 spiro atoms. The first-order chi connectivity index (χ1) is 6.00. The van der Waals surface area contributed by atoms with E-state index in [9.17, 15) is 4.39 Å². The molecule has 4 heteroatoms. The maximum atomic E-state index is 13.2. The van der Waals surface area contributed by atoms with Crippen molar-refractivity contribution in [1.29, 1.82) is 0 Å². The van der Waals surface area contributed by atoms with Gasteiger partial charge in [-0.15, -0.1) is 0 Å². The van der Waals surface area contributed by atoms with Crippen LogP contribution in [-0.4, -0.2) is 11.2 Å². The molecule has 0 saturated heterocycles. The number of hydrogen-bond donors (Lipinski definition) is 1. The third-order valence-corrected chi connectivity index (χ3v) is 2.40. The first-order valence-electron chi connectivity index (χ1n) is 3.82. The predicted molar refractivity (Wildman–Crippen MR) is 54.5 cm³/mol. The van der Waals surface area contributed by atoms with Gasteiger partial charge in [0.05, 0.1) is 6.10 Å². The van der Waals surface area contributed by atoms with Crippen molar-refractivity contribution in [3.05, 3.63) is 33.0 Å². The Balaban J connectivity index is 3.06. The topological polar surface area (TPSA) is 20.2 Å². The molecule has 72 valence electrons. The summed E-state index contributed by atoms with van der Waals surface area (Å²) < 4.78 is 13.8. The van der Waals surface area contributed by atoms with E-state index in [0.717, 1.165) is 0 Å². The second-order valence-corrected chi connectivity index (χ2v) is 4.22. The van der Waals surface area contributed by atoms with E-state index in [4.69, 9.17) is 16.7 Å². The Morgan fingerprint density at radius 3 is 2.69 bits per heavy atom. The second kappa shape index (κ2) is 4.40. The highest BCUT2D eigenvalue weighted by Crippen LogP contribution is 2.25. The molecule has 1 unspecified atom stereocenters. The summed E-state index contributed by atoms with van der Waals surface area (Å²) in [7, 11) is 0. The van der Waals surface area contributed by atoms with Gasteiger partial charge < -0.3 is 5.11 Å². The fourth-order valence-electron chi connectivity index (χ4n) is 1.06. The summed E-state index contributed by atoms with van der Waals surface area (Å²) in [5.74, 6) is -0.389. The molecule has 0 fully saturated rings. The summed E-state index contributed by atoms with van der Waals surface area (Å²) in [5, 5.41) is 9.43. The van der Waals surface area contributed by atoms with Crippen LogP contribution in [0.1, 0.15) is 12.5 Å². The monoisotopic (exact) mass is 266 g/mol. The SMILES string of the molecule is CC(O)Cc1c(F)cc(Br)cc1Cl. The number of aliphatic hydroxyl groups is 1. The smallest absolute Gasteiger partial charge is 0.129 e. The van der Waals surface area contributed by atoms with Crippen LogP contribution in [0.2, 0.25) is 5.02 Å². The minimum Gasteiger partial charge on any atom is -0.393 e. The summed E-state index contributed by atoms with van der Waals surface area (Å²) in [5.41, 5.74) is 0.361. The van der Waals surface area contributed by atoms with E-state index in [0.29, 0.717) is 15.1 Å². The predicted octanol–water partition coefficient (Wildman–Crippen LogP) is 3.16. The summed E-state index contributed by atoms with van der Waals surface area (Å²) in [6, 6.07) is 2.95. The van der Waals surface area contributed by atoms with Crippen molar-refractivity contribution in [2.24, 2.45) is 0 Å². The van der Waals surface area contributed by atoms with E-state index in [1.165, 1.54) is 6.07 Å². The average Bonchev–Trinajstić information content (AvgIpc) is 1.96. The molecule has 1 atom stereocenters. The molecule has 0 aliphatic carbocycles. The quantitative estimate of drug-likeness (QED) is 0.873. The second-order valence-electron chi connectivity index (χ2n) is 2.90. The van der Waals surface area contributed by atoms with Gasteiger partial charge in [0, 0.05) is 21.5 Å². The highest BCUT2D eigenvalue weighted by molar-refractivity contribution is 9.10. The van der Waals surface area contributed by atoms with E-state index in [2.05, 4.69) is 15.9 Å². The van der Waals surface area contributed by atoms with Gasteiger partial charge in [-0.25, -0.2) is 4.39 Å². The highest BCUT2D eigenvalue weighted by atomic mass is 79.9. The van der Waals surface area contributed by atoms with E-state index >= 15 is 0 Å². The molecule has 0 radical (unpaired) electrons. The molecule has 0 saturated carbocycles. The van der Waals surface area contributed by atoms with Gasteiger partial charge in [0.15, 0.2) is 0 Å². The molecular formula is C9H9BrClFO. The van der Waals surface area contributed by atoms with E-state index in [1.807, 2.05) is 0 Å². The third-order valence-electron chi connectivity index (χ3n) is 1.61. The Morgan fingerprint density at radius 2 is 2.23 bits per heavy atom. The van der Waals surface area contributed by atoms with Crippen molar-refractivity contribution < 1.29 is 9.50 Å². The summed E-state index contributed by atoms with van der Waals surface area (Å²) in [4.78, 5) is 0. The van der Waals surface area contributed by atoms with Gasteiger partial charge in [-0.2, -0.15) is 0 Å². The molecule has 0 aromatic heterocycles. The summed E-state index contributed by atoms with van der Waals surface area (Å²) in [6.07, 6.45) is -0.356. The van der Waals surface area contributed by atoms with E-state index in [1.54, 1.807) is 13.0 Å². The van der Waals surface area contributed by atoms with Gasteiger partial charge in [-0.3, -0.25) is 0 Å². The molecule has 13 heavy (non-hydrogen) atoms.